The van der Waals surface area contributed by atoms with Crippen molar-refractivity contribution >= 4 is 17.4 Å². The van der Waals surface area contributed by atoms with Crippen molar-refractivity contribution in [1.82, 2.24) is 10.2 Å². The van der Waals surface area contributed by atoms with Gasteiger partial charge < -0.3 is 10.6 Å². The van der Waals surface area contributed by atoms with Crippen LogP contribution in [-0.2, 0) is 6.42 Å². The number of benzene rings is 1. The molecule has 110 valence electrons. The number of anilines is 2. The second kappa shape index (κ2) is 6.83. The van der Waals surface area contributed by atoms with Gasteiger partial charge >= 0.3 is 0 Å². The quantitative estimate of drug-likeness (QED) is 0.885. The Hall–Kier alpha value is -2.43. The van der Waals surface area contributed by atoms with Crippen LogP contribution < -0.4 is 10.6 Å². The first-order chi connectivity index (χ1) is 10.1. The molecule has 0 bridgehead atoms. The van der Waals surface area contributed by atoms with E-state index in [0.717, 1.165) is 17.7 Å². The maximum atomic E-state index is 12.2. The molecule has 5 heteroatoms. The van der Waals surface area contributed by atoms with Crippen molar-refractivity contribution in [3.63, 3.8) is 0 Å². The molecule has 0 radical (unpaired) electrons. The zero-order chi connectivity index (χ0) is 15.2. The van der Waals surface area contributed by atoms with Crippen molar-refractivity contribution in [1.29, 1.82) is 0 Å². The fourth-order valence-electron chi connectivity index (χ4n) is 1.96. The molecule has 0 aliphatic carbocycles. The number of para-hydroxylation sites is 1. The number of rotatable bonds is 5. The number of carbonyl (C=O) groups excluding carboxylic acids is 1. The third-order valence-electron chi connectivity index (χ3n) is 2.98. The molecule has 2 N–H and O–H groups in total. The van der Waals surface area contributed by atoms with Gasteiger partial charge in [0, 0.05) is 11.7 Å². The highest BCUT2D eigenvalue weighted by atomic mass is 16.1. The summed E-state index contributed by atoms with van der Waals surface area (Å²) < 4.78 is 0. The zero-order valence-corrected chi connectivity index (χ0v) is 12.6. The molecule has 1 aromatic heterocycles. The predicted molar refractivity (Wildman–Crippen MR) is 84.6 cm³/mol. The lowest BCUT2D eigenvalue weighted by Crippen LogP contribution is -2.17. The maximum absolute atomic E-state index is 12.2. The van der Waals surface area contributed by atoms with Gasteiger partial charge in [-0.15, -0.1) is 10.2 Å². The number of nitrogens with zero attached hydrogens (tertiary/aromatic N) is 2. The van der Waals surface area contributed by atoms with Crippen LogP contribution in [0.3, 0.4) is 0 Å². The van der Waals surface area contributed by atoms with E-state index in [1.54, 1.807) is 12.1 Å². The second-order valence-corrected chi connectivity index (χ2v) is 5.07. The molecule has 0 aliphatic heterocycles. The Morgan fingerprint density at radius 3 is 2.52 bits per heavy atom. The van der Waals surface area contributed by atoms with E-state index in [2.05, 4.69) is 27.8 Å². The van der Waals surface area contributed by atoms with Crippen LogP contribution in [0.1, 0.15) is 36.8 Å². The van der Waals surface area contributed by atoms with Crippen LogP contribution in [0.5, 0.6) is 0 Å². The Morgan fingerprint density at radius 1 is 1.14 bits per heavy atom. The zero-order valence-electron chi connectivity index (χ0n) is 12.6. The Bertz CT molecular complexity index is 608. The highest BCUT2D eigenvalue weighted by Crippen LogP contribution is 2.16. The molecule has 0 spiro atoms. The topological polar surface area (TPSA) is 66.9 Å². The molecule has 21 heavy (non-hydrogen) atoms. The molecular weight excluding hydrogens is 264 g/mol. The van der Waals surface area contributed by atoms with Crippen LogP contribution in [0.25, 0.3) is 0 Å². The minimum absolute atomic E-state index is 0.250. The van der Waals surface area contributed by atoms with Gasteiger partial charge in [0.05, 0.1) is 0 Å². The van der Waals surface area contributed by atoms with Crippen LogP contribution in [0.4, 0.5) is 11.5 Å². The van der Waals surface area contributed by atoms with Crippen LogP contribution in [0, 0.1) is 0 Å². The fourth-order valence-corrected chi connectivity index (χ4v) is 1.96. The molecule has 2 aromatic rings. The third kappa shape index (κ3) is 4.02. The van der Waals surface area contributed by atoms with Gasteiger partial charge in [-0.05, 0) is 44.0 Å². The molecule has 5 nitrogen and oxygen atoms in total. The standard InChI is InChI=1S/C16H20N4O/c1-4-12-7-5-6-8-13(12)18-16(21)14-9-10-15(20-19-14)17-11(2)3/h5-11H,4H2,1-3H3,(H,17,20)(H,18,21). The number of amides is 1. The summed E-state index contributed by atoms with van der Waals surface area (Å²) in [6, 6.07) is 11.4. The van der Waals surface area contributed by atoms with E-state index >= 15 is 0 Å². The summed E-state index contributed by atoms with van der Waals surface area (Å²) in [6.07, 6.45) is 0.860. The Morgan fingerprint density at radius 2 is 1.90 bits per heavy atom. The van der Waals surface area contributed by atoms with E-state index in [9.17, 15) is 4.79 Å². The molecule has 0 saturated carbocycles. The lowest BCUT2D eigenvalue weighted by molar-refractivity contribution is 0.102. The number of carbonyl (C=O) groups is 1. The Labute approximate surface area is 124 Å². The average Bonchev–Trinajstić information content (AvgIpc) is 2.48. The van der Waals surface area contributed by atoms with Gasteiger partial charge in [0.15, 0.2) is 5.69 Å². The number of aryl methyl sites for hydroxylation is 1. The largest absolute Gasteiger partial charge is 0.366 e. The Kier molecular flexibility index (Phi) is 4.87. The normalized spacial score (nSPS) is 10.5. The first-order valence-electron chi connectivity index (χ1n) is 7.09. The van der Waals surface area contributed by atoms with Gasteiger partial charge in [-0.1, -0.05) is 25.1 Å². The number of hydrogen-bond donors (Lipinski definition) is 2. The molecule has 0 aliphatic rings. The predicted octanol–water partition coefficient (Wildman–Crippen LogP) is 3.11. The van der Waals surface area contributed by atoms with Crippen molar-refractivity contribution in [3.8, 4) is 0 Å². The summed E-state index contributed by atoms with van der Waals surface area (Å²) in [5, 5.41) is 14.0. The summed E-state index contributed by atoms with van der Waals surface area (Å²) >= 11 is 0. The van der Waals surface area contributed by atoms with Crippen LogP contribution in [0.2, 0.25) is 0 Å². The van der Waals surface area contributed by atoms with Gasteiger partial charge in [-0.25, -0.2) is 0 Å². The van der Waals surface area contributed by atoms with E-state index < -0.39 is 0 Å². The summed E-state index contributed by atoms with van der Waals surface area (Å²) in [5.74, 6) is 0.412. The molecule has 0 fully saturated rings. The van der Waals surface area contributed by atoms with Gasteiger partial charge in [0.2, 0.25) is 0 Å². The van der Waals surface area contributed by atoms with Crippen LogP contribution >= 0.6 is 0 Å². The molecule has 2 rings (SSSR count). The van der Waals surface area contributed by atoms with Crippen molar-refractivity contribution in [2.75, 3.05) is 10.6 Å². The summed E-state index contributed by atoms with van der Waals surface area (Å²) in [7, 11) is 0. The number of hydrogen-bond acceptors (Lipinski definition) is 4. The minimum atomic E-state index is -0.250. The fraction of sp³-hybridized carbons (Fsp3) is 0.312. The van der Waals surface area contributed by atoms with Crippen LogP contribution in [-0.4, -0.2) is 22.1 Å². The maximum Gasteiger partial charge on any atom is 0.276 e. The second-order valence-electron chi connectivity index (χ2n) is 5.07. The first kappa shape index (κ1) is 15.0. The lowest BCUT2D eigenvalue weighted by Gasteiger charge is -2.10. The lowest BCUT2D eigenvalue weighted by atomic mass is 10.1. The molecule has 0 unspecified atom stereocenters. The van der Waals surface area contributed by atoms with Gasteiger partial charge in [0.1, 0.15) is 5.82 Å². The SMILES string of the molecule is CCc1ccccc1NC(=O)c1ccc(NC(C)C)nn1. The molecule has 1 amide bonds. The van der Waals surface area contributed by atoms with Crippen molar-refractivity contribution < 1.29 is 4.79 Å². The van der Waals surface area contributed by atoms with Crippen molar-refractivity contribution in [2.45, 2.75) is 33.2 Å². The van der Waals surface area contributed by atoms with Gasteiger partial charge in [-0.2, -0.15) is 0 Å². The summed E-state index contributed by atoms with van der Waals surface area (Å²) in [5.41, 5.74) is 2.21. The van der Waals surface area contributed by atoms with Gasteiger partial charge in [0.25, 0.3) is 5.91 Å². The third-order valence-corrected chi connectivity index (χ3v) is 2.98. The average molecular weight is 284 g/mol. The highest BCUT2D eigenvalue weighted by molar-refractivity contribution is 6.03. The van der Waals surface area contributed by atoms with Gasteiger partial charge in [-0.3, -0.25) is 4.79 Å². The molecule has 0 saturated heterocycles. The van der Waals surface area contributed by atoms with E-state index in [0.29, 0.717) is 11.5 Å². The van der Waals surface area contributed by atoms with E-state index in [1.807, 2.05) is 38.1 Å². The highest BCUT2D eigenvalue weighted by Gasteiger charge is 2.10. The summed E-state index contributed by atoms with van der Waals surface area (Å²) in [4.78, 5) is 12.2. The molecule has 1 aromatic carbocycles. The van der Waals surface area contributed by atoms with Crippen LogP contribution in [0.15, 0.2) is 36.4 Å². The molecular formula is C16H20N4O. The number of aromatic nitrogens is 2. The Balaban J connectivity index is 2.09. The van der Waals surface area contributed by atoms with Crippen molar-refractivity contribution in [3.05, 3.63) is 47.7 Å². The molecule has 1 heterocycles. The first-order valence-corrected chi connectivity index (χ1v) is 7.09. The monoisotopic (exact) mass is 284 g/mol. The smallest absolute Gasteiger partial charge is 0.276 e. The van der Waals surface area contributed by atoms with Crippen molar-refractivity contribution in [2.24, 2.45) is 0 Å². The molecule has 0 atom stereocenters. The van der Waals surface area contributed by atoms with E-state index in [-0.39, 0.29) is 11.9 Å². The number of nitrogens with one attached hydrogen (secondary N) is 2. The van der Waals surface area contributed by atoms with E-state index in [1.165, 1.54) is 0 Å². The summed E-state index contributed by atoms with van der Waals surface area (Å²) in [6.45, 7) is 6.09. The minimum Gasteiger partial charge on any atom is -0.366 e. The van der Waals surface area contributed by atoms with E-state index in [4.69, 9.17) is 0 Å².